The molecule has 27 heavy (non-hydrogen) atoms. The molecule has 0 saturated heterocycles. The van der Waals surface area contributed by atoms with Crippen LogP contribution in [0.1, 0.15) is 29.8 Å². The summed E-state index contributed by atoms with van der Waals surface area (Å²) in [5.41, 5.74) is 1.44. The highest BCUT2D eigenvalue weighted by Gasteiger charge is 2.18. The summed E-state index contributed by atoms with van der Waals surface area (Å²) in [5.74, 6) is 0.824. The van der Waals surface area contributed by atoms with Crippen LogP contribution in [0.5, 0.6) is 11.5 Å². The zero-order valence-corrected chi connectivity index (χ0v) is 16.1. The molecule has 0 heterocycles. The van der Waals surface area contributed by atoms with Gasteiger partial charge in [-0.25, -0.2) is 0 Å². The highest BCUT2D eigenvalue weighted by atomic mass is 16.5. The number of carbonyl (C=O) groups is 2. The van der Waals surface area contributed by atoms with Gasteiger partial charge >= 0.3 is 0 Å². The molecule has 0 spiro atoms. The Balaban J connectivity index is 2.18. The molecule has 2 aromatic rings. The second-order valence-corrected chi connectivity index (χ2v) is 6.20. The van der Waals surface area contributed by atoms with Gasteiger partial charge in [0.25, 0.3) is 5.91 Å². The summed E-state index contributed by atoms with van der Waals surface area (Å²) in [6, 6.07) is 14.4. The Morgan fingerprint density at radius 3 is 2.41 bits per heavy atom. The molecular weight excluding hydrogens is 342 g/mol. The van der Waals surface area contributed by atoms with Crippen molar-refractivity contribution in [3.63, 3.8) is 0 Å². The first-order valence-corrected chi connectivity index (χ1v) is 8.84. The van der Waals surface area contributed by atoms with E-state index in [9.17, 15) is 9.59 Å². The smallest absolute Gasteiger partial charge is 0.262 e. The van der Waals surface area contributed by atoms with Gasteiger partial charge in [-0.05, 0) is 37.6 Å². The average Bonchev–Trinajstić information content (AvgIpc) is 2.67. The van der Waals surface area contributed by atoms with Gasteiger partial charge in [-0.1, -0.05) is 42.5 Å². The van der Waals surface area contributed by atoms with Gasteiger partial charge in [-0.2, -0.15) is 0 Å². The number of rotatable bonds is 8. The molecule has 0 N–H and O–H groups in total. The van der Waals surface area contributed by atoms with Gasteiger partial charge in [0, 0.05) is 19.7 Å². The first kappa shape index (κ1) is 20.2. The van der Waals surface area contributed by atoms with Crippen molar-refractivity contribution < 1.29 is 19.1 Å². The summed E-state index contributed by atoms with van der Waals surface area (Å²) < 4.78 is 11.4. The van der Waals surface area contributed by atoms with Crippen LogP contribution < -0.4 is 9.47 Å². The number of carbonyl (C=O) groups excluding carboxylic acids is 2. The van der Waals surface area contributed by atoms with Gasteiger partial charge in [0.15, 0.2) is 23.4 Å². The highest BCUT2D eigenvalue weighted by Crippen LogP contribution is 2.30. The monoisotopic (exact) mass is 367 g/mol. The minimum atomic E-state index is -0.625. The Morgan fingerprint density at radius 2 is 1.78 bits per heavy atom. The molecule has 2 rings (SSSR count). The Labute approximate surface area is 160 Å². The fourth-order valence-electron chi connectivity index (χ4n) is 2.47. The second-order valence-electron chi connectivity index (χ2n) is 6.20. The van der Waals surface area contributed by atoms with E-state index in [-0.39, 0.29) is 11.7 Å². The van der Waals surface area contributed by atoms with Crippen LogP contribution >= 0.6 is 0 Å². The average molecular weight is 367 g/mol. The summed E-state index contributed by atoms with van der Waals surface area (Å²) in [7, 11) is 3.37. The van der Waals surface area contributed by atoms with Crippen molar-refractivity contribution in [2.24, 2.45) is 0 Å². The van der Waals surface area contributed by atoms with Crippen molar-refractivity contribution in [2.75, 3.05) is 20.7 Å². The third-order valence-corrected chi connectivity index (χ3v) is 3.85. The number of likely N-dealkylation sites (N-methyl/N-ethyl adjacent to an activating group) is 1. The van der Waals surface area contributed by atoms with E-state index in [1.54, 1.807) is 51.4 Å². The Morgan fingerprint density at radius 1 is 1.07 bits per heavy atom. The van der Waals surface area contributed by atoms with Gasteiger partial charge in [0.05, 0.1) is 6.61 Å². The standard InChI is InChI=1S/C22H25NO4/c1-5-26-21-15-17(11-13-19(24)18-9-7-6-8-10-18)12-14-20(21)27-16(2)22(25)23(3)4/h6-16H,5H2,1-4H3/b13-11+/t16-/m1/s1. The zero-order chi connectivity index (χ0) is 19.8. The molecule has 1 amide bonds. The lowest BCUT2D eigenvalue weighted by Crippen LogP contribution is -2.35. The van der Waals surface area contributed by atoms with Crippen molar-refractivity contribution in [1.29, 1.82) is 0 Å². The molecule has 0 aliphatic rings. The van der Waals surface area contributed by atoms with Crippen LogP contribution in [0.3, 0.4) is 0 Å². The predicted molar refractivity (Wildman–Crippen MR) is 106 cm³/mol. The molecule has 5 nitrogen and oxygen atoms in total. The highest BCUT2D eigenvalue weighted by molar-refractivity contribution is 6.06. The normalized spacial score (nSPS) is 11.9. The maximum atomic E-state index is 12.2. The van der Waals surface area contributed by atoms with E-state index in [4.69, 9.17) is 9.47 Å². The first-order valence-electron chi connectivity index (χ1n) is 8.84. The molecule has 1 atom stereocenters. The maximum absolute atomic E-state index is 12.2. The van der Waals surface area contributed by atoms with E-state index in [2.05, 4.69) is 0 Å². The van der Waals surface area contributed by atoms with Gasteiger partial charge in [0.1, 0.15) is 0 Å². The fraction of sp³-hybridized carbons (Fsp3) is 0.273. The number of amides is 1. The number of ether oxygens (including phenoxy) is 2. The lowest BCUT2D eigenvalue weighted by atomic mass is 10.1. The molecule has 0 saturated carbocycles. The molecular formula is C22H25NO4. The van der Waals surface area contributed by atoms with E-state index in [1.807, 2.05) is 31.2 Å². The van der Waals surface area contributed by atoms with Gasteiger partial charge in [-0.3, -0.25) is 9.59 Å². The van der Waals surface area contributed by atoms with Gasteiger partial charge in [0.2, 0.25) is 0 Å². The summed E-state index contributed by atoms with van der Waals surface area (Å²) in [4.78, 5) is 25.7. The van der Waals surface area contributed by atoms with Crippen molar-refractivity contribution in [3.05, 3.63) is 65.7 Å². The van der Waals surface area contributed by atoms with E-state index < -0.39 is 6.10 Å². The second kappa shape index (κ2) is 9.57. The Bertz CT molecular complexity index is 812. The molecule has 5 heteroatoms. The quantitative estimate of drug-likeness (QED) is 0.525. The van der Waals surface area contributed by atoms with Crippen molar-refractivity contribution >= 4 is 17.8 Å². The van der Waals surface area contributed by atoms with Crippen LogP contribution in [0.15, 0.2) is 54.6 Å². The molecule has 0 bridgehead atoms. The minimum absolute atomic E-state index is 0.0703. The number of ketones is 1. The van der Waals surface area contributed by atoms with Gasteiger partial charge in [-0.15, -0.1) is 0 Å². The molecule has 0 aromatic heterocycles. The van der Waals surface area contributed by atoms with Crippen molar-refractivity contribution in [1.82, 2.24) is 4.90 Å². The third-order valence-electron chi connectivity index (χ3n) is 3.85. The van der Waals surface area contributed by atoms with E-state index in [0.717, 1.165) is 5.56 Å². The first-order chi connectivity index (χ1) is 12.9. The Kier molecular flexibility index (Phi) is 7.17. The molecule has 0 fully saturated rings. The zero-order valence-electron chi connectivity index (χ0n) is 16.1. The summed E-state index contributed by atoms with van der Waals surface area (Å²) in [6.45, 7) is 4.03. The largest absolute Gasteiger partial charge is 0.490 e. The van der Waals surface area contributed by atoms with Crippen LogP contribution in [0, 0.1) is 0 Å². The minimum Gasteiger partial charge on any atom is -0.490 e. The number of allylic oxidation sites excluding steroid dienone is 1. The fourth-order valence-corrected chi connectivity index (χ4v) is 2.47. The SMILES string of the molecule is CCOc1cc(/C=C/C(=O)c2ccccc2)ccc1O[C@H](C)C(=O)N(C)C. The Hall–Kier alpha value is -3.08. The summed E-state index contributed by atoms with van der Waals surface area (Å²) >= 11 is 0. The molecule has 142 valence electrons. The topological polar surface area (TPSA) is 55.8 Å². The lowest BCUT2D eigenvalue weighted by molar-refractivity contribution is -0.135. The third kappa shape index (κ3) is 5.71. The van der Waals surface area contributed by atoms with Crippen LogP contribution in [0.4, 0.5) is 0 Å². The van der Waals surface area contributed by atoms with Crippen LogP contribution in [0.2, 0.25) is 0 Å². The maximum Gasteiger partial charge on any atom is 0.262 e. The molecule has 0 radical (unpaired) electrons. The summed E-state index contributed by atoms with van der Waals surface area (Å²) in [5, 5.41) is 0. The van der Waals surface area contributed by atoms with E-state index in [0.29, 0.717) is 23.7 Å². The van der Waals surface area contributed by atoms with Crippen LogP contribution in [-0.4, -0.2) is 43.4 Å². The van der Waals surface area contributed by atoms with E-state index >= 15 is 0 Å². The lowest BCUT2D eigenvalue weighted by Gasteiger charge is -2.20. The van der Waals surface area contributed by atoms with Crippen LogP contribution in [-0.2, 0) is 4.79 Å². The van der Waals surface area contributed by atoms with Crippen molar-refractivity contribution in [3.8, 4) is 11.5 Å². The molecule has 2 aromatic carbocycles. The molecule has 0 aliphatic carbocycles. The van der Waals surface area contributed by atoms with E-state index in [1.165, 1.54) is 11.0 Å². The number of nitrogens with zero attached hydrogens (tertiary/aromatic N) is 1. The van der Waals surface area contributed by atoms with Crippen LogP contribution in [0.25, 0.3) is 6.08 Å². The number of benzene rings is 2. The number of hydrogen-bond donors (Lipinski definition) is 0. The predicted octanol–water partition coefficient (Wildman–Crippen LogP) is 3.84. The number of hydrogen-bond acceptors (Lipinski definition) is 4. The molecule has 0 unspecified atom stereocenters. The van der Waals surface area contributed by atoms with Gasteiger partial charge < -0.3 is 14.4 Å². The molecule has 0 aliphatic heterocycles. The summed E-state index contributed by atoms with van der Waals surface area (Å²) in [6.07, 6.45) is 2.63. The van der Waals surface area contributed by atoms with Crippen molar-refractivity contribution in [2.45, 2.75) is 20.0 Å².